The summed E-state index contributed by atoms with van der Waals surface area (Å²) in [7, 11) is 0. The topological polar surface area (TPSA) is 40.6 Å². The van der Waals surface area contributed by atoms with Gasteiger partial charge in [0.2, 0.25) is 11.8 Å². The van der Waals surface area contributed by atoms with Crippen LogP contribution in [0.15, 0.2) is 48.5 Å². The number of benzene rings is 2. The normalized spacial score (nSPS) is 14.2. The van der Waals surface area contributed by atoms with Crippen molar-refractivity contribution in [2.75, 3.05) is 26.2 Å². The minimum Gasteiger partial charge on any atom is -0.339 e. The molecule has 1 heterocycles. The molecule has 2 aromatic carbocycles. The van der Waals surface area contributed by atoms with Crippen LogP contribution in [0.5, 0.6) is 0 Å². The molecule has 2 aromatic rings. The largest absolute Gasteiger partial charge is 0.339 e. The molecule has 1 aliphatic heterocycles. The molecule has 4 nitrogen and oxygen atoms in total. The fourth-order valence-corrected chi connectivity index (χ4v) is 3.56. The van der Waals surface area contributed by atoms with E-state index < -0.39 is 0 Å². The highest BCUT2D eigenvalue weighted by atomic mass is 35.5. The first kappa shape index (κ1) is 20.4. The second-order valence-electron chi connectivity index (χ2n) is 7.37. The molecule has 3 rings (SSSR count). The molecule has 0 saturated carbocycles. The molecule has 0 radical (unpaired) electrons. The molecular weight excluding hydrogens is 372 g/mol. The predicted molar refractivity (Wildman–Crippen MR) is 112 cm³/mol. The van der Waals surface area contributed by atoms with Gasteiger partial charge >= 0.3 is 0 Å². The first-order valence-corrected chi connectivity index (χ1v) is 10.2. The van der Waals surface area contributed by atoms with Crippen LogP contribution in [-0.4, -0.2) is 47.8 Å². The molecule has 0 aromatic heterocycles. The Bertz CT molecular complexity index is 725. The number of halogens is 1. The van der Waals surface area contributed by atoms with E-state index in [1.54, 1.807) is 0 Å². The predicted octanol–water partition coefficient (Wildman–Crippen LogP) is 3.88. The van der Waals surface area contributed by atoms with Gasteiger partial charge in [0.15, 0.2) is 0 Å². The molecule has 0 unspecified atom stereocenters. The molecule has 0 aliphatic carbocycles. The van der Waals surface area contributed by atoms with Gasteiger partial charge in [0, 0.05) is 44.0 Å². The van der Waals surface area contributed by atoms with Crippen LogP contribution in [0.3, 0.4) is 0 Å². The third-order valence-electron chi connectivity index (χ3n) is 5.27. The summed E-state index contributed by atoms with van der Waals surface area (Å²) in [4.78, 5) is 28.7. The van der Waals surface area contributed by atoms with Gasteiger partial charge in [0.05, 0.1) is 0 Å². The molecule has 0 N–H and O–H groups in total. The van der Waals surface area contributed by atoms with Crippen LogP contribution in [-0.2, 0) is 22.4 Å². The quantitative estimate of drug-likeness (QED) is 0.740. The molecular formula is C23H27ClN2O2. The van der Waals surface area contributed by atoms with Gasteiger partial charge in [-0.1, -0.05) is 53.6 Å². The highest BCUT2D eigenvalue weighted by Gasteiger charge is 2.23. The molecule has 148 valence electrons. The smallest absolute Gasteiger partial charge is 0.223 e. The summed E-state index contributed by atoms with van der Waals surface area (Å²) in [6.45, 7) is 4.55. The molecule has 0 atom stereocenters. The SMILES string of the molecule is Cc1ccc(CCC(=O)N2CCN(C(=O)CCc3ccc(Cl)cc3)CC2)cc1. The van der Waals surface area contributed by atoms with E-state index in [1.165, 1.54) is 11.1 Å². The monoisotopic (exact) mass is 398 g/mol. The number of amides is 2. The molecule has 5 heteroatoms. The summed E-state index contributed by atoms with van der Waals surface area (Å²) in [6, 6.07) is 15.9. The van der Waals surface area contributed by atoms with Crippen molar-refractivity contribution in [2.24, 2.45) is 0 Å². The maximum Gasteiger partial charge on any atom is 0.223 e. The maximum absolute atomic E-state index is 12.5. The zero-order valence-corrected chi connectivity index (χ0v) is 17.1. The lowest BCUT2D eigenvalue weighted by atomic mass is 10.1. The van der Waals surface area contributed by atoms with E-state index in [2.05, 4.69) is 31.2 Å². The third-order valence-corrected chi connectivity index (χ3v) is 5.53. The average molecular weight is 399 g/mol. The zero-order chi connectivity index (χ0) is 19.9. The minimum atomic E-state index is 0.154. The Kier molecular flexibility index (Phi) is 7.10. The second-order valence-corrected chi connectivity index (χ2v) is 7.81. The van der Waals surface area contributed by atoms with Crippen LogP contribution in [0, 0.1) is 6.92 Å². The standard InChI is InChI=1S/C23H27ClN2O2/c1-18-2-4-19(5-3-18)8-12-22(27)25-14-16-26(17-15-25)23(28)13-9-20-6-10-21(24)11-7-20/h2-7,10-11H,8-9,12-17H2,1H3. The highest BCUT2D eigenvalue weighted by molar-refractivity contribution is 6.30. The van der Waals surface area contributed by atoms with Gasteiger partial charge in [-0.25, -0.2) is 0 Å². The molecule has 0 spiro atoms. The summed E-state index contributed by atoms with van der Waals surface area (Å²) in [5.74, 6) is 0.329. The summed E-state index contributed by atoms with van der Waals surface area (Å²) in [6.07, 6.45) is 2.49. The molecule has 1 saturated heterocycles. The zero-order valence-electron chi connectivity index (χ0n) is 16.4. The number of piperazine rings is 1. The highest BCUT2D eigenvalue weighted by Crippen LogP contribution is 2.13. The number of carbonyl (C=O) groups is 2. The van der Waals surface area contributed by atoms with Gasteiger partial charge in [-0.05, 0) is 43.0 Å². The van der Waals surface area contributed by atoms with Gasteiger partial charge in [0.25, 0.3) is 0 Å². The first-order valence-electron chi connectivity index (χ1n) is 9.87. The Hall–Kier alpha value is -2.33. The number of hydrogen-bond donors (Lipinski definition) is 0. The van der Waals surface area contributed by atoms with E-state index in [0.717, 1.165) is 12.0 Å². The van der Waals surface area contributed by atoms with Crippen molar-refractivity contribution in [3.05, 3.63) is 70.2 Å². The summed E-state index contributed by atoms with van der Waals surface area (Å²) >= 11 is 5.89. The number of rotatable bonds is 6. The Morgan fingerprint density at radius 3 is 1.57 bits per heavy atom. The van der Waals surface area contributed by atoms with Crippen molar-refractivity contribution in [2.45, 2.75) is 32.6 Å². The first-order chi connectivity index (χ1) is 13.5. The second kappa shape index (κ2) is 9.74. The van der Waals surface area contributed by atoms with Gasteiger partial charge in [-0.2, -0.15) is 0 Å². The molecule has 2 amide bonds. The third kappa shape index (κ3) is 5.83. The van der Waals surface area contributed by atoms with Crippen molar-refractivity contribution in [3.8, 4) is 0 Å². The van der Waals surface area contributed by atoms with Crippen LogP contribution in [0.1, 0.15) is 29.5 Å². The summed E-state index contributed by atoms with van der Waals surface area (Å²) < 4.78 is 0. The van der Waals surface area contributed by atoms with Crippen molar-refractivity contribution >= 4 is 23.4 Å². The molecule has 0 bridgehead atoms. The maximum atomic E-state index is 12.5. The Balaban J connectivity index is 1.39. The van der Waals surface area contributed by atoms with Crippen molar-refractivity contribution in [1.29, 1.82) is 0 Å². The van der Waals surface area contributed by atoms with Crippen LogP contribution in [0.4, 0.5) is 0 Å². The molecule has 1 fully saturated rings. The van der Waals surface area contributed by atoms with E-state index in [9.17, 15) is 9.59 Å². The fourth-order valence-electron chi connectivity index (χ4n) is 3.43. The van der Waals surface area contributed by atoms with Gasteiger partial charge in [-0.15, -0.1) is 0 Å². The van der Waals surface area contributed by atoms with E-state index in [-0.39, 0.29) is 11.8 Å². The lowest BCUT2D eigenvalue weighted by Crippen LogP contribution is -2.50. The van der Waals surface area contributed by atoms with E-state index >= 15 is 0 Å². The number of aryl methyl sites for hydroxylation is 3. The number of nitrogens with zero attached hydrogens (tertiary/aromatic N) is 2. The van der Waals surface area contributed by atoms with E-state index in [4.69, 9.17) is 11.6 Å². The van der Waals surface area contributed by atoms with Crippen LogP contribution >= 0.6 is 11.6 Å². The average Bonchev–Trinajstić information content (AvgIpc) is 2.72. The Morgan fingerprint density at radius 1 is 0.750 bits per heavy atom. The summed E-state index contributed by atoms with van der Waals surface area (Å²) in [5, 5.41) is 0.707. The van der Waals surface area contributed by atoms with Crippen LogP contribution < -0.4 is 0 Å². The fraction of sp³-hybridized carbons (Fsp3) is 0.391. The van der Waals surface area contributed by atoms with Gasteiger partial charge < -0.3 is 9.80 Å². The van der Waals surface area contributed by atoms with Crippen LogP contribution in [0.2, 0.25) is 5.02 Å². The lowest BCUT2D eigenvalue weighted by Gasteiger charge is -2.35. The van der Waals surface area contributed by atoms with Crippen LogP contribution in [0.25, 0.3) is 0 Å². The lowest BCUT2D eigenvalue weighted by molar-refractivity contribution is -0.139. The van der Waals surface area contributed by atoms with E-state index in [0.29, 0.717) is 50.5 Å². The van der Waals surface area contributed by atoms with Crippen molar-refractivity contribution < 1.29 is 9.59 Å². The van der Waals surface area contributed by atoms with Crippen molar-refractivity contribution in [1.82, 2.24) is 9.80 Å². The number of hydrogen-bond acceptors (Lipinski definition) is 2. The van der Waals surface area contributed by atoms with Crippen molar-refractivity contribution in [3.63, 3.8) is 0 Å². The molecule has 28 heavy (non-hydrogen) atoms. The summed E-state index contributed by atoms with van der Waals surface area (Å²) in [5.41, 5.74) is 3.53. The van der Waals surface area contributed by atoms with Gasteiger partial charge in [0.1, 0.15) is 0 Å². The van der Waals surface area contributed by atoms with Gasteiger partial charge in [-0.3, -0.25) is 9.59 Å². The minimum absolute atomic E-state index is 0.154. The Morgan fingerprint density at radius 2 is 1.14 bits per heavy atom. The number of carbonyl (C=O) groups excluding carboxylic acids is 2. The van der Waals surface area contributed by atoms with E-state index in [1.807, 2.05) is 34.1 Å². The Labute approximate surface area is 172 Å². The molecule has 1 aliphatic rings.